The molecule has 0 saturated heterocycles. The fourth-order valence-corrected chi connectivity index (χ4v) is 9.42. The summed E-state index contributed by atoms with van der Waals surface area (Å²) in [5.74, 6) is 2.66. The predicted molar refractivity (Wildman–Crippen MR) is 284 cm³/mol. The first-order chi connectivity index (χ1) is 39.0. The second-order valence-electron chi connectivity index (χ2n) is 18.1. The van der Waals surface area contributed by atoms with Crippen molar-refractivity contribution in [3.05, 3.63) is 242 Å². The molecule has 0 aliphatic carbocycles. The summed E-state index contributed by atoms with van der Waals surface area (Å²) in [4.78, 5) is 6.95. The van der Waals surface area contributed by atoms with Crippen LogP contribution in [0.3, 0.4) is 0 Å². The van der Waals surface area contributed by atoms with E-state index in [1.54, 1.807) is 27.3 Å². The van der Waals surface area contributed by atoms with Gasteiger partial charge in [-0.1, -0.05) is 183 Å². The third kappa shape index (κ3) is 7.65. The molecule has 13 rings (SSSR count). The Morgan fingerprint density at radius 3 is 1.90 bits per heavy atom. The van der Waals surface area contributed by atoms with Crippen molar-refractivity contribution in [2.45, 2.75) is 26.2 Å². The molecule has 0 bridgehead atoms. The Bertz CT molecular complexity index is 4490. The molecule has 4 heterocycles. The van der Waals surface area contributed by atoms with E-state index in [0.29, 0.717) is 62.6 Å². The van der Waals surface area contributed by atoms with Crippen LogP contribution in [0.2, 0.25) is 0 Å². The van der Waals surface area contributed by atoms with Crippen LogP contribution >= 0.6 is 0 Å². The van der Waals surface area contributed by atoms with Crippen LogP contribution in [0.15, 0.2) is 218 Å². The van der Waals surface area contributed by atoms with Crippen molar-refractivity contribution in [2.24, 2.45) is 0 Å². The number of para-hydroxylation sites is 8. The average molecular weight is 1120 g/mol. The Kier molecular flexibility index (Phi) is 8.69. The SMILES string of the molecule is [2H]c1c([2H])c([2H])c(-c2cccc(-c3c([2H])c([2H])c([2H])c([2H])c3[2H])c2-[n+]2[c-]n(-c3[c-]c(N4c5[c-]c6c(cc5Oc5ccccc5Oc5ccccc54)c4ccccc4n6-c4cc(C(C)(C)C)ccn4)ccc3)c3ccccc32)c([2H])c1[2H].[Pt]. The normalized spacial score (nSPS) is 14.1. The van der Waals surface area contributed by atoms with Crippen LogP contribution in [-0.4, -0.2) is 14.1 Å². The minimum atomic E-state index is -0.584. The van der Waals surface area contributed by atoms with Gasteiger partial charge in [-0.15, -0.1) is 18.2 Å². The van der Waals surface area contributed by atoms with Crippen LogP contribution in [-0.2, 0) is 26.5 Å². The van der Waals surface area contributed by atoms with Crippen LogP contribution < -0.4 is 18.9 Å². The Morgan fingerprint density at radius 1 is 0.569 bits per heavy atom. The van der Waals surface area contributed by atoms with Gasteiger partial charge in [0.1, 0.15) is 5.82 Å². The van der Waals surface area contributed by atoms with Gasteiger partial charge in [-0.25, -0.2) is 4.98 Å². The molecule has 9 aromatic carbocycles. The second kappa shape index (κ2) is 18.0. The molecule has 12 aromatic rings. The van der Waals surface area contributed by atoms with Crippen LogP contribution in [0, 0.1) is 18.5 Å². The number of aromatic nitrogens is 4. The molecule has 0 fully saturated rings. The molecule has 7 nitrogen and oxygen atoms in total. The summed E-state index contributed by atoms with van der Waals surface area (Å²) in [6, 6.07) is 49.5. The molecular weight excluding hydrogens is 1070 g/mol. The van der Waals surface area contributed by atoms with E-state index in [2.05, 4.69) is 62.0 Å². The number of rotatable bonds is 6. The Hall–Kier alpha value is -8.51. The van der Waals surface area contributed by atoms with Crippen molar-refractivity contribution in [1.29, 1.82) is 0 Å². The molecule has 0 atom stereocenters. The third-order valence-corrected chi connectivity index (χ3v) is 12.7. The smallest absolute Gasteiger partial charge is 0.268 e. The third-order valence-electron chi connectivity index (χ3n) is 12.7. The van der Waals surface area contributed by atoms with Gasteiger partial charge >= 0.3 is 0 Å². The van der Waals surface area contributed by atoms with E-state index in [1.165, 1.54) is 0 Å². The molecule has 0 amide bonds. The van der Waals surface area contributed by atoms with E-state index >= 15 is 0 Å². The first-order valence-electron chi connectivity index (χ1n) is 28.1. The van der Waals surface area contributed by atoms with Gasteiger partial charge in [0.15, 0.2) is 17.2 Å². The van der Waals surface area contributed by atoms with Gasteiger partial charge in [0.05, 0.1) is 36.1 Å². The number of benzene rings is 9. The van der Waals surface area contributed by atoms with Gasteiger partial charge in [0.25, 0.3) is 6.33 Å². The molecule has 0 saturated carbocycles. The van der Waals surface area contributed by atoms with E-state index in [4.69, 9.17) is 28.2 Å². The van der Waals surface area contributed by atoms with E-state index < -0.39 is 60.4 Å². The largest absolute Gasteiger partial charge is 0.511 e. The number of nitrogens with zero attached hydrogens (tertiary/aromatic N) is 5. The van der Waals surface area contributed by atoms with E-state index in [-0.39, 0.29) is 54.4 Å². The Balaban J connectivity index is 0.00000665. The van der Waals surface area contributed by atoms with Crippen molar-refractivity contribution in [1.82, 2.24) is 14.1 Å². The molecule has 0 radical (unpaired) electrons. The fraction of sp³-hybridized carbons (Fsp3) is 0.0625. The molecule has 0 unspecified atom stereocenters. The first-order valence-corrected chi connectivity index (χ1v) is 23.1. The number of imidazole rings is 1. The van der Waals surface area contributed by atoms with Gasteiger partial charge in [0.2, 0.25) is 0 Å². The summed E-state index contributed by atoms with van der Waals surface area (Å²) in [6.45, 7) is 6.52. The zero-order chi connectivity index (χ0) is 56.3. The minimum absolute atomic E-state index is 0. The van der Waals surface area contributed by atoms with Crippen molar-refractivity contribution < 1.29 is 48.8 Å². The topological polar surface area (TPSA) is 48.3 Å². The molecule has 8 heteroatoms. The number of hydrogen-bond donors (Lipinski definition) is 0. The number of ether oxygens (including phenoxy) is 2. The van der Waals surface area contributed by atoms with E-state index in [9.17, 15) is 0 Å². The van der Waals surface area contributed by atoms with Gasteiger partial charge in [-0.3, -0.25) is 4.57 Å². The summed E-state index contributed by atoms with van der Waals surface area (Å²) in [5, 5.41) is 1.84. The Labute approximate surface area is 446 Å². The summed E-state index contributed by atoms with van der Waals surface area (Å²) in [7, 11) is 0. The van der Waals surface area contributed by atoms with E-state index in [1.807, 2.05) is 126 Å². The average Bonchev–Trinajstić information content (AvgIpc) is 3.33. The van der Waals surface area contributed by atoms with Gasteiger partial charge in [-0.05, 0) is 92.5 Å². The van der Waals surface area contributed by atoms with Gasteiger partial charge in [0, 0.05) is 38.5 Å². The maximum absolute atomic E-state index is 9.16. The maximum Gasteiger partial charge on any atom is 0.268 e. The van der Waals surface area contributed by atoms with Crippen molar-refractivity contribution >= 4 is 49.9 Å². The molecule has 0 N–H and O–H groups in total. The molecule has 72 heavy (non-hydrogen) atoms. The van der Waals surface area contributed by atoms with Crippen LogP contribution in [0.25, 0.3) is 72.3 Å². The second-order valence-corrected chi connectivity index (χ2v) is 18.1. The maximum atomic E-state index is 9.16. The zero-order valence-corrected chi connectivity index (χ0v) is 41.2. The van der Waals surface area contributed by atoms with Gasteiger partial charge < -0.3 is 23.5 Å². The molecule has 350 valence electrons. The molecule has 1 aliphatic heterocycles. The number of fused-ring (bicyclic) bond motifs is 7. The first kappa shape index (κ1) is 34.7. The summed E-state index contributed by atoms with van der Waals surface area (Å²) in [5.41, 5.74) is 5.95. The Morgan fingerprint density at radius 2 is 1.18 bits per heavy atom. The van der Waals surface area contributed by atoms with Crippen molar-refractivity contribution in [2.75, 3.05) is 4.90 Å². The van der Waals surface area contributed by atoms with Gasteiger partial charge in [-0.2, -0.15) is 18.2 Å². The molecule has 3 aromatic heterocycles. The van der Waals surface area contributed by atoms with E-state index in [0.717, 1.165) is 27.4 Å². The van der Waals surface area contributed by atoms with Crippen LogP contribution in [0.4, 0.5) is 17.1 Å². The molecule has 0 spiro atoms. The van der Waals surface area contributed by atoms with Crippen molar-refractivity contribution in [3.63, 3.8) is 0 Å². The number of pyridine rings is 1. The fourth-order valence-electron chi connectivity index (χ4n) is 9.42. The predicted octanol–water partition coefficient (Wildman–Crippen LogP) is 15.8. The summed E-state index contributed by atoms with van der Waals surface area (Å²) < 4.78 is 108. The minimum Gasteiger partial charge on any atom is -0.511 e. The van der Waals surface area contributed by atoms with Crippen LogP contribution in [0.5, 0.6) is 23.0 Å². The zero-order valence-electron chi connectivity index (χ0n) is 48.9. The van der Waals surface area contributed by atoms with Crippen LogP contribution in [0.1, 0.15) is 40.0 Å². The quantitative estimate of drug-likeness (QED) is 0.123. The number of hydrogen-bond acceptors (Lipinski definition) is 4. The van der Waals surface area contributed by atoms with Crippen molar-refractivity contribution in [3.8, 4) is 62.4 Å². The number of anilines is 3. The summed E-state index contributed by atoms with van der Waals surface area (Å²) in [6.07, 6.45) is 5.34. The standard InChI is InChI=1S/C64H45N5O2.Pt/c1-64(2,3)45-36-37-65-62(38-45)69-52-29-11-10-26-50(52)51-40-61-57(41-56(51)69)68(55-32-14-15-33-58(55)70-59-34-16-17-35-60(59)71-61)47-25-18-24-46(39-47)66-42-67(54-31-13-12-30-53(54)66)63-48(43-20-6-4-7-21-43)27-19-28-49(63)44-22-8-5-9-23-44;/h4-38,40H,1-3H3;/q-2;/i4D,5D,6D,7D,8D,9D,20D,21D,22D,23D;. The molecular formula is C64H45N5O2Pt-2. The molecule has 1 aliphatic rings. The monoisotopic (exact) mass is 1120 g/mol. The summed E-state index contributed by atoms with van der Waals surface area (Å²) >= 11 is 0.